The Balaban J connectivity index is 1.89. The molecule has 3 aromatic carbocycles. The minimum atomic E-state index is -4.77. The Morgan fingerprint density at radius 3 is 1.88 bits per heavy atom. The molecule has 0 radical (unpaired) electrons. The fourth-order valence-electron chi connectivity index (χ4n) is 3.00. The quantitative estimate of drug-likeness (QED) is 0.308. The second-order valence-electron chi connectivity index (χ2n) is 6.70. The van der Waals surface area contributed by atoms with E-state index in [1.54, 1.807) is 42.5 Å². The first-order valence-corrected chi connectivity index (χ1v) is 10.1. The zero-order chi connectivity index (χ0) is 24.2. The van der Waals surface area contributed by atoms with Crippen molar-refractivity contribution < 1.29 is 32.2 Å². The molecule has 5 nitrogen and oxygen atoms in total. The van der Waals surface area contributed by atoms with Gasteiger partial charge < -0.3 is 9.47 Å². The molecule has 0 aliphatic rings. The van der Waals surface area contributed by atoms with Crippen molar-refractivity contribution >= 4 is 40.8 Å². The summed E-state index contributed by atoms with van der Waals surface area (Å²) in [6, 6.07) is 16.7. The summed E-state index contributed by atoms with van der Waals surface area (Å²) in [6.07, 6.45) is -4.77. The zero-order valence-corrected chi connectivity index (χ0v) is 18.5. The van der Waals surface area contributed by atoms with Gasteiger partial charge in [-0.05, 0) is 47.5 Å². The highest BCUT2D eigenvalue weighted by Gasteiger charge is 2.31. The van der Waals surface area contributed by atoms with Crippen LogP contribution in [-0.4, -0.2) is 25.3 Å². The number of benzene rings is 3. The number of hydrogen-bond donors (Lipinski definition) is 0. The fourth-order valence-corrected chi connectivity index (χ4v) is 3.52. The Labute approximate surface area is 197 Å². The molecule has 1 amide bonds. The average Bonchev–Trinajstić information content (AvgIpc) is 2.78. The number of halogens is 5. The molecule has 0 heterocycles. The summed E-state index contributed by atoms with van der Waals surface area (Å²) < 4.78 is 45.4. The van der Waals surface area contributed by atoms with E-state index in [9.17, 15) is 22.8 Å². The Bertz CT molecular complexity index is 1130. The zero-order valence-electron chi connectivity index (χ0n) is 17.0. The molecule has 0 aliphatic carbocycles. The van der Waals surface area contributed by atoms with E-state index in [0.717, 1.165) is 7.11 Å². The van der Waals surface area contributed by atoms with E-state index in [0.29, 0.717) is 32.4 Å². The molecule has 0 fully saturated rings. The van der Waals surface area contributed by atoms with Crippen molar-refractivity contribution in [2.45, 2.75) is 12.9 Å². The lowest BCUT2D eigenvalue weighted by Crippen LogP contribution is -2.37. The molecule has 0 saturated carbocycles. The number of alkyl halides is 3. The molecule has 0 bridgehead atoms. The Morgan fingerprint density at radius 1 is 0.879 bits per heavy atom. The van der Waals surface area contributed by atoms with E-state index in [1.165, 1.54) is 29.2 Å². The maximum Gasteiger partial charge on any atom is 0.573 e. The lowest BCUT2D eigenvalue weighted by atomic mass is 10.0. The maximum absolute atomic E-state index is 12.7. The number of anilines is 1. The van der Waals surface area contributed by atoms with Gasteiger partial charge in [-0.1, -0.05) is 53.5 Å². The van der Waals surface area contributed by atoms with E-state index < -0.39 is 18.2 Å². The molecule has 0 unspecified atom stereocenters. The first kappa shape index (κ1) is 24.4. The number of carbonyl (C=O) groups excluding carboxylic acids is 2. The van der Waals surface area contributed by atoms with Gasteiger partial charge in [-0.15, -0.1) is 13.2 Å². The largest absolute Gasteiger partial charge is 0.573 e. The molecule has 3 rings (SSSR count). The molecule has 0 spiro atoms. The highest BCUT2D eigenvalue weighted by Crippen LogP contribution is 2.31. The molecule has 172 valence electrons. The average molecular weight is 498 g/mol. The van der Waals surface area contributed by atoms with E-state index >= 15 is 0 Å². The first-order valence-electron chi connectivity index (χ1n) is 9.38. The van der Waals surface area contributed by atoms with Crippen molar-refractivity contribution in [2.75, 3.05) is 12.0 Å². The van der Waals surface area contributed by atoms with Crippen molar-refractivity contribution in [1.82, 2.24) is 0 Å². The van der Waals surface area contributed by atoms with Crippen LogP contribution in [-0.2, 0) is 20.9 Å². The molecule has 33 heavy (non-hydrogen) atoms. The summed E-state index contributed by atoms with van der Waals surface area (Å²) in [5.74, 6) is -2.33. The van der Waals surface area contributed by atoms with Crippen molar-refractivity contribution in [2.24, 2.45) is 0 Å². The van der Waals surface area contributed by atoms with Crippen LogP contribution in [0.1, 0.15) is 5.56 Å². The van der Waals surface area contributed by atoms with Gasteiger partial charge in [0.2, 0.25) is 0 Å². The third-order valence-corrected chi connectivity index (χ3v) is 5.29. The number of amides is 1. The third kappa shape index (κ3) is 6.18. The number of rotatable bonds is 5. The standard InChI is InChI=1S/C23H16Cl2F3NO4/c1-32-22(31)21(30)29(13-18-19(24)3-2-4-20(18)25)16-9-5-14(6-10-16)15-7-11-17(12-8-15)33-23(26,27)28/h2-12H,13H2,1H3. The molecular weight excluding hydrogens is 482 g/mol. The van der Waals surface area contributed by atoms with Gasteiger partial charge in [0.1, 0.15) is 5.75 Å². The summed E-state index contributed by atoms with van der Waals surface area (Å²) in [4.78, 5) is 25.8. The topological polar surface area (TPSA) is 55.8 Å². The highest BCUT2D eigenvalue weighted by atomic mass is 35.5. The number of nitrogens with zero attached hydrogens (tertiary/aromatic N) is 1. The van der Waals surface area contributed by atoms with E-state index in [1.807, 2.05) is 0 Å². The summed E-state index contributed by atoms with van der Waals surface area (Å²) in [5.41, 5.74) is 2.10. The van der Waals surface area contributed by atoms with Gasteiger partial charge >= 0.3 is 18.2 Å². The molecular formula is C23H16Cl2F3NO4. The van der Waals surface area contributed by atoms with Crippen LogP contribution in [0.5, 0.6) is 5.75 Å². The fraction of sp³-hybridized carbons (Fsp3) is 0.130. The molecule has 0 atom stereocenters. The summed E-state index contributed by atoms with van der Waals surface area (Å²) in [7, 11) is 1.09. The van der Waals surface area contributed by atoms with Gasteiger partial charge in [-0.25, -0.2) is 4.79 Å². The second kappa shape index (κ2) is 10.1. The van der Waals surface area contributed by atoms with E-state index in [-0.39, 0.29) is 12.3 Å². The smallest absolute Gasteiger partial charge is 0.462 e. The lowest BCUT2D eigenvalue weighted by molar-refractivity contribution is -0.274. The Hall–Kier alpha value is -3.23. The van der Waals surface area contributed by atoms with Crippen LogP contribution in [0.3, 0.4) is 0 Å². The lowest BCUT2D eigenvalue weighted by Gasteiger charge is -2.23. The third-order valence-electron chi connectivity index (χ3n) is 4.58. The van der Waals surface area contributed by atoms with Gasteiger partial charge in [0.15, 0.2) is 0 Å². The SMILES string of the molecule is COC(=O)C(=O)N(Cc1c(Cl)cccc1Cl)c1ccc(-c2ccc(OC(F)(F)F)cc2)cc1. The second-order valence-corrected chi connectivity index (χ2v) is 7.52. The van der Waals surface area contributed by atoms with Gasteiger partial charge in [-0.2, -0.15) is 0 Å². The maximum atomic E-state index is 12.7. The summed E-state index contributed by atoms with van der Waals surface area (Å²) in [6.45, 7) is -0.0880. The van der Waals surface area contributed by atoms with Crippen LogP contribution >= 0.6 is 23.2 Å². The number of carbonyl (C=O) groups is 2. The van der Waals surface area contributed by atoms with Crippen molar-refractivity contribution in [1.29, 1.82) is 0 Å². The predicted molar refractivity (Wildman–Crippen MR) is 118 cm³/mol. The van der Waals surface area contributed by atoms with Crippen LogP contribution in [0, 0.1) is 0 Å². The minimum Gasteiger partial charge on any atom is -0.462 e. The van der Waals surface area contributed by atoms with E-state index in [4.69, 9.17) is 23.2 Å². The Morgan fingerprint density at radius 2 is 1.39 bits per heavy atom. The normalized spacial score (nSPS) is 11.1. The van der Waals surface area contributed by atoms with Crippen LogP contribution < -0.4 is 9.64 Å². The van der Waals surface area contributed by atoms with Crippen molar-refractivity contribution in [3.8, 4) is 16.9 Å². The van der Waals surface area contributed by atoms with Crippen LogP contribution in [0.15, 0.2) is 66.7 Å². The summed E-state index contributed by atoms with van der Waals surface area (Å²) in [5, 5.41) is 0.644. The highest BCUT2D eigenvalue weighted by molar-refractivity contribution is 6.39. The molecule has 0 N–H and O–H groups in total. The van der Waals surface area contributed by atoms with Crippen molar-refractivity contribution in [3.63, 3.8) is 0 Å². The number of methoxy groups -OCH3 is 1. The number of ether oxygens (including phenoxy) is 2. The molecule has 0 saturated heterocycles. The van der Waals surface area contributed by atoms with Crippen LogP contribution in [0.25, 0.3) is 11.1 Å². The van der Waals surface area contributed by atoms with Crippen LogP contribution in [0.2, 0.25) is 10.0 Å². The predicted octanol–water partition coefficient (Wildman–Crippen LogP) is 6.27. The van der Waals surface area contributed by atoms with E-state index in [2.05, 4.69) is 9.47 Å². The molecule has 3 aromatic rings. The molecule has 0 aromatic heterocycles. The van der Waals surface area contributed by atoms with Gasteiger partial charge in [0.25, 0.3) is 0 Å². The molecule has 0 aliphatic heterocycles. The van der Waals surface area contributed by atoms with Gasteiger partial charge in [0, 0.05) is 21.3 Å². The van der Waals surface area contributed by atoms with Gasteiger partial charge in [-0.3, -0.25) is 9.69 Å². The Kier molecular flexibility index (Phi) is 7.50. The first-order chi connectivity index (χ1) is 15.6. The minimum absolute atomic E-state index is 0.0880. The summed E-state index contributed by atoms with van der Waals surface area (Å²) >= 11 is 12.4. The monoisotopic (exact) mass is 497 g/mol. The van der Waals surface area contributed by atoms with Crippen molar-refractivity contribution in [3.05, 3.63) is 82.3 Å². The van der Waals surface area contributed by atoms with Gasteiger partial charge in [0.05, 0.1) is 13.7 Å². The number of esters is 1. The molecule has 10 heteroatoms. The number of hydrogen-bond acceptors (Lipinski definition) is 4. The van der Waals surface area contributed by atoms with Crippen LogP contribution in [0.4, 0.5) is 18.9 Å².